The van der Waals surface area contributed by atoms with Crippen LogP contribution in [0, 0.1) is 6.92 Å². The topological polar surface area (TPSA) is 79.4 Å². The largest absolute Gasteiger partial charge is 0.322 e. The van der Waals surface area contributed by atoms with E-state index in [0.29, 0.717) is 11.3 Å². The normalized spacial score (nSPS) is 14.9. The Bertz CT molecular complexity index is 1490. The summed E-state index contributed by atoms with van der Waals surface area (Å²) in [7, 11) is -1.93. The van der Waals surface area contributed by atoms with Crippen LogP contribution in [0.5, 0.6) is 0 Å². The van der Waals surface area contributed by atoms with Gasteiger partial charge >= 0.3 is 0 Å². The minimum Gasteiger partial charge on any atom is -0.322 e. The molecule has 1 heterocycles. The van der Waals surface area contributed by atoms with Crippen LogP contribution in [0.1, 0.15) is 48.0 Å². The van der Waals surface area contributed by atoms with E-state index in [9.17, 15) is 13.2 Å². The maximum absolute atomic E-state index is 13.0. The lowest BCUT2D eigenvalue weighted by atomic mass is 9.96. The van der Waals surface area contributed by atoms with Crippen molar-refractivity contribution in [3.8, 4) is 10.6 Å². The first kappa shape index (κ1) is 24.6. The van der Waals surface area contributed by atoms with Gasteiger partial charge in [0.1, 0.15) is 5.01 Å². The number of carbonyl (C=O) groups excluding carboxylic acids is 1. The fourth-order valence-electron chi connectivity index (χ4n) is 4.64. The number of anilines is 1. The lowest BCUT2D eigenvalue weighted by molar-refractivity contribution is 0.102. The maximum atomic E-state index is 13.0. The molecule has 1 aliphatic rings. The summed E-state index contributed by atoms with van der Waals surface area (Å²) in [5.74, 6) is -0.289. The zero-order chi connectivity index (χ0) is 25.3. The van der Waals surface area contributed by atoms with Crippen LogP contribution in [0.2, 0.25) is 0 Å². The smallest absolute Gasteiger partial charge is 0.255 e. The zero-order valence-corrected chi connectivity index (χ0v) is 22.0. The van der Waals surface area contributed by atoms with Crippen molar-refractivity contribution in [1.29, 1.82) is 0 Å². The molecule has 0 bridgehead atoms. The summed E-state index contributed by atoms with van der Waals surface area (Å²) in [5, 5.41) is 3.82. The van der Waals surface area contributed by atoms with E-state index in [1.54, 1.807) is 30.5 Å². The second-order valence-corrected chi connectivity index (χ2v) is 12.4. The molecule has 0 unspecified atom stereocenters. The summed E-state index contributed by atoms with van der Waals surface area (Å²) in [5.41, 5.74) is 4.24. The van der Waals surface area contributed by atoms with Crippen LogP contribution in [0.15, 0.2) is 71.6 Å². The van der Waals surface area contributed by atoms with Crippen LogP contribution in [0.3, 0.4) is 0 Å². The SMILES string of the molecule is Cc1ccc2nc(-c3ccc(NC(=O)c4ccc(S(=O)(=O)N(C)C5CCCCC5)cc4)cc3)sc2c1. The molecule has 0 radical (unpaired) electrons. The maximum Gasteiger partial charge on any atom is 0.255 e. The summed E-state index contributed by atoms with van der Waals surface area (Å²) in [6.45, 7) is 2.07. The second-order valence-electron chi connectivity index (χ2n) is 9.36. The highest BCUT2D eigenvalue weighted by atomic mass is 32.2. The molecule has 1 aliphatic carbocycles. The molecule has 1 aromatic heterocycles. The van der Waals surface area contributed by atoms with Crippen LogP contribution in [0.25, 0.3) is 20.8 Å². The van der Waals surface area contributed by atoms with Gasteiger partial charge in [-0.1, -0.05) is 25.3 Å². The molecule has 0 aliphatic heterocycles. The minimum absolute atomic E-state index is 0.0431. The number of nitrogens with zero attached hydrogens (tertiary/aromatic N) is 2. The van der Waals surface area contributed by atoms with E-state index in [-0.39, 0.29) is 16.8 Å². The fraction of sp³-hybridized carbons (Fsp3) is 0.286. The molecule has 186 valence electrons. The lowest BCUT2D eigenvalue weighted by Crippen LogP contribution is -2.38. The van der Waals surface area contributed by atoms with E-state index in [0.717, 1.165) is 46.5 Å². The minimum atomic E-state index is -3.59. The molecule has 6 nitrogen and oxygen atoms in total. The number of aromatic nitrogens is 1. The highest BCUT2D eigenvalue weighted by Crippen LogP contribution is 2.31. The average molecular weight is 520 g/mol. The Morgan fingerprint density at radius 3 is 2.36 bits per heavy atom. The Hall–Kier alpha value is -3.07. The number of nitrogens with one attached hydrogen (secondary N) is 1. The van der Waals surface area contributed by atoms with Crippen LogP contribution in [0.4, 0.5) is 5.69 Å². The van der Waals surface area contributed by atoms with Crippen LogP contribution < -0.4 is 5.32 Å². The summed E-state index contributed by atoms with van der Waals surface area (Å²) in [6.07, 6.45) is 5.08. The van der Waals surface area contributed by atoms with Crippen LogP contribution >= 0.6 is 11.3 Å². The average Bonchev–Trinajstić information content (AvgIpc) is 3.32. The molecule has 1 N–H and O–H groups in total. The van der Waals surface area contributed by atoms with E-state index < -0.39 is 10.0 Å². The molecule has 0 spiro atoms. The Labute approximate surface area is 216 Å². The zero-order valence-electron chi connectivity index (χ0n) is 20.4. The number of carbonyl (C=O) groups is 1. The third-order valence-electron chi connectivity index (χ3n) is 6.82. The number of thiazole rings is 1. The van der Waals surface area contributed by atoms with Gasteiger partial charge in [0.2, 0.25) is 10.0 Å². The van der Waals surface area contributed by atoms with Crippen molar-refractivity contribution in [2.24, 2.45) is 0 Å². The Balaban J connectivity index is 1.26. The molecule has 0 atom stereocenters. The van der Waals surface area contributed by atoms with Gasteiger partial charge < -0.3 is 5.32 Å². The van der Waals surface area contributed by atoms with Crippen molar-refractivity contribution < 1.29 is 13.2 Å². The molecular formula is C28H29N3O3S2. The third-order valence-corrected chi connectivity index (χ3v) is 9.81. The van der Waals surface area contributed by atoms with Crippen molar-refractivity contribution in [2.45, 2.75) is 50.0 Å². The molecule has 3 aromatic carbocycles. The van der Waals surface area contributed by atoms with Gasteiger partial charge in [-0.15, -0.1) is 11.3 Å². The van der Waals surface area contributed by atoms with E-state index >= 15 is 0 Å². The van der Waals surface area contributed by atoms with Crippen molar-refractivity contribution in [3.05, 3.63) is 77.9 Å². The molecule has 5 rings (SSSR count). The summed E-state index contributed by atoms with van der Waals surface area (Å²) in [6, 6.07) is 20.0. The van der Waals surface area contributed by atoms with E-state index in [2.05, 4.69) is 24.4 Å². The number of amides is 1. The Kier molecular flexibility index (Phi) is 6.92. The molecule has 1 amide bonds. The predicted molar refractivity (Wildman–Crippen MR) is 146 cm³/mol. The number of hydrogen-bond acceptors (Lipinski definition) is 5. The fourth-order valence-corrected chi connectivity index (χ4v) is 7.13. The number of rotatable bonds is 6. The second kappa shape index (κ2) is 10.1. The number of sulfonamides is 1. The monoisotopic (exact) mass is 519 g/mol. The van der Waals surface area contributed by atoms with Gasteiger partial charge in [0.05, 0.1) is 15.1 Å². The lowest BCUT2D eigenvalue weighted by Gasteiger charge is -2.30. The van der Waals surface area contributed by atoms with Gasteiger partial charge in [-0.2, -0.15) is 4.31 Å². The van der Waals surface area contributed by atoms with Gasteiger partial charge in [-0.25, -0.2) is 13.4 Å². The molecule has 8 heteroatoms. The van der Waals surface area contributed by atoms with Gasteiger partial charge in [0.25, 0.3) is 5.91 Å². The van der Waals surface area contributed by atoms with Crippen molar-refractivity contribution in [2.75, 3.05) is 12.4 Å². The highest BCUT2D eigenvalue weighted by molar-refractivity contribution is 7.89. The van der Waals surface area contributed by atoms with E-state index in [1.807, 2.05) is 30.3 Å². The molecule has 1 fully saturated rings. The molecular weight excluding hydrogens is 490 g/mol. The Morgan fingerprint density at radius 1 is 0.972 bits per heavy atom. The van der Waals surface area contributed by atoms with Crippen LogP contribution in [-0.4, -0.2) is 36.7 Å². The Morgan fingerprint density at radius 2 is 1.67 bits per heavy atom. The van der Waals surface area contributed by atoms with Crippen LogP contribution in [-0.2, 0) is 10.0 Å². The summed E-state index contributed by atoms with van der Waals surface area (Å²) >= 11 is 1.64. The van der Waals surface area contributed by atoms with E-state index in [1.165, 1.54) is 28.4 Å². The molecule has 36 heavy (non-hydrogen) atoms. The number of aryl methyl sites for hydroxylation is 1. The first-order valence-corrected chi connectivity index (χ1v) is 14.4. The van der Waals surface area contributed by atoms with Gasteiger partial charge in [-0.05, 0) is 86.0 Å². The standard InChI is InChI=1S/C28H29N3O3S2/c1-19-8-17-25-26(18-19)35-28(30-25)21-9-13-22(14-10-21)29-27(32)20-11-15-24(16-12-20)36(33,34)31(2)23-6-4-3-5-7-23/h8-18,23H,3-7H2,1-2H3,(H,29,32). The molecule has 4 aromatic rings. The summed E-state index contributed by atoms with van der Waals surface area (Å²) in [4.78, 5) is 17.7. The first-order chi connectivity index (χ1) is 17.3. The highest BCUT2D eigenvalue weighted by Gasteiger charge is 2.29. The molecule has 1 saturated carbocycles. The first-order valence-electron chi connectivity index (χ1n) is 12.2. The molecule has 0 saturated heterocycles. The van der Waals surface area contributed by atoms with Crippen molar-refractivity contribution in [1.82, 2.24) is 9.29 Å². The van der Waals surface area contributed by atoms with Gasteiger partial charge in [-0.3, -0.25) is 4.79 Å². The summed E-state index contributed by atoms with van der Waals surface area (Å²) < 4.78 is 28.7. The third kappa shape index (κ3) is 5.07. The van der Waals surface area contributed by atoms with Gasteiger partial charge in [0.15, 0.2) is 0 Å². The number of hydrogen-bond donors (Lipinski definition) is 1. The quantitative estimate of drug-likeness (QED) is 0.316. The van der Waals surface area contributed by atoms with E-state index in [4.69, 9.17) is 4.98 Å². The predicted octanol–water partition coefficient (Wildman–Crippen LogP) is 6.48. The van der Waals surface area contributed by atoms with Crippen molar-refractivity contribution >= 4 is 43.2 Å². The number of fused-ring (bicyclic) bond motifs is 1. The van der Waals surface area contributed by atoms with Gasteiger partial charge in [0, 0.05) is 29.9 Å². The number of benzene rings is 3. The van der Waals surface area contributed by atoms with Crippen molar-refractivity contribution in [3.63, 3.8) is 0 Å².